The van der Waals surface area contributed by atoms with Gasteiger partial charge in [-0.2, -0.15) is 0 Å². The highest BCUT2D eigenvalue weighted by atomic mass is 32.1. The lowest BCUT2D eigenvalue weighted by Crippen LogP contribution is -2.41. The Balaban J connectivity index is 1.56. The van der Waals surface area contributed by atoms with Crippen molar-refractivity contribution in [1.82, 2.24) is 15.1 Å². The molecule has 1 aromatic rings. The zero-order chi connectivity index (χ0) is 15.1. The van der Waals surface area contributed by atoms with Crippen molar-refractivity contribution < 1.29 is 9.53 Å². The topological polar surface area (TPSA) is 44.8 Å². The van der Waals surface area contributed by atoms with Crippen molar-refractivity contribution in [2.75, 3.05) is 53.5 Å². The van der Waals surface area contributed by atoms with E-state index in [1.165, 1.54) is 10.4 Å². The van der Waals surface area contributed by atoms with Crippen LogP contribution in [0.4, 0.5) is 0 Å². The Labute approximate surface area is 130 Å². The summed E-state index contributed by atoms with van der Waals surface area (Å²) in [7, 11) is 4.05. The third kappa shape index (κ3) is 5.39. The summed E-state index contributed by atoms with van der Waals surface area (Å²) in [6.45, 7) is 5.03. The third-order valence-corrected chi connectivity index (χ3v) is 4.57. The number of nitrogens with zero attached hydrogens (tertiary/aromatic N) is 2. The smallest absolute Gasteiger partial charge is 0.236 e. The summed E-state index contributed by atoms with van der Waals surface area (Å²) in [5.74, 6) is 0.181. The first kappa shape index (κ1) is 16.4. The fourth-order valence-electron chi connectivity index (χ4n) is 2.26. The van der Waals surface area contributed by atoms with Crippen molar-refractivity contribution in [3.63, 3.8) is 0 Å². The van der Waals surface area contributed by atoms with Crippen LogP contribution in [-0.2, 0) is 22.5 Å². The lowest BCUT2D eigenvalue weighted by atomic mass is 10.1. The molecule has 5 nitrogen and oxygen atoms in total. The third-order valence-electron chi connectivity index (χ3n) is 3.54. The first-order valence-corrected chi connectivity index (χ1v) is 8.31. The van der Waals surface area contributed by atoms with Gasteiger partial charge in [0.15, 0.2) is 0 Å². The van der Waals surface area contributed by atoms with E-state index in [1.54, 1.807) is 11.3 Å². The Morgan fingerprint density at radius 1 is 1.48 bits per heavy atom. The summed E-state index contributed by atoms with van der Waals surface area (Å²) >= 11 is 1.80. The second-order valence-electron chi connectivity index (χ2n) is 5.53. The van der Waals surface area contributed by atoms with Crippen molar-refractivity contribution in [3.8, 4) is 0 Å². The van der Waals surface area contributed by atoms with Crippen molar-refractivity contribution in [2.45, 2.75) is 13.0 Å². The molecule has 0 saturated carbocycles. The number of carbonyl (C=O) groups is 1. The van der Waals surface area contributed by atoms with Gasteiger partial charge in [-0.05, 0) is 37.5 Å². The number of fused-ring (bicyclic) bond motifs is 1. The van der Waals surface area contributed by atoms with Crippen LogP contribution in [-0.4, -0.2) is 69.2 Å². The average Bonchev–Trinajstić information content (AvgIpc) is 2.93. The van der Waals surface area contributed by atoms with Crippen LogP contribution >= 0.6 is 11.3 Å². The number of thiophene rings is 1. The van der Waals surface area contributed by atoms with Gasteiger partial charge < -0.3 is 19.9 Å². The van der Waals surface area contributed by atoms with Crippen LogP contribution in [0.1, 0.15) is 10.4 Å². The minimum atomic E-state index is 0.181. The number of amides is 1. The fourth-order valence-corrected chi connectivity index (χ4v) is 3.15. The summed E-state index contributed by atoms with van der Waals surface area (Å²) < 4.78 is 5.48. The predicted octanol–water partition coefficient (Wildman–Crippen LogP) is 0.801. The van der Waals surface area contributed by atoms with Crippen molar-refractivity contribution in [1.29, 1.82) is 0 Å². The molecule has 0 saturated heterocycles. The van der Waals surface area contributed by atoms with Gasteiger partial charge in [-0.15, -0.1) is 11.3 Å². The quantitative estimate of drug-likeness (QED) is 0.722. The summed E-state index contributed by atoms with van der Waals surface area (Å²) in [5.41, 5.74) is 1.31. The molecule has 1 aliphatic rings. The average molecular weight is 311 g/mol. The molecule has 0 aromatic carbocycles. The van der Waals surface area contributed by atoms with Gasteiger partial charge in [-0.25, -0.2) is 0 Å². The van der Waals surface area contributed by atoms with Crippen LogP contribution in [0.25, 0.3) is 0 Å². The zero-order valence-electron chi connectivity index (χ0n) is 12.9. The van der Waals surface area contributed by atoms with Gasteiger partial charge in [0.2, 0.25) is 5.91 Å². The molecule has 0 unspecified atom stereocenters. The van der Waals surface area contributed by atoms with E-state index in [9.17, 15) is 4.79 Å². The van der Waals surface area contributed by atoms with E-state index in [-0.39, 0.29) is 5.91 Å². The summed E-state index contributed by atoms with van der Waals surface area (Å²) in [4.78, 5) is 17.6. The monoisotopic (exact) mass is 311 g/mol. The van der Waals surface area contributed by atoms with Crippen LogP contribution in [0, 0.1) is 0 Å². The van der Waals surface area contributed by atoms with Gasteiger partial charge >= 0.3 is 0 Å². The molecule has 0 fully saturated rings. The molecule has 2 rings (SSSR count). The van der Waals surface area contributed by atoms with Crippen molar-refractivity contribution in [2.24, 2.45) is 0 Å². The van der Waals surface area contributed by atoms with Crippen LogP contribution in [0.5, 0.6) is 0 Å². The van der Waals surface area contributed by atoms with Gasteiger partial charge in [-0.1, -0.05) is 0 Å². The number of carbonyl (C=O) groups excluding carboxylic acids is 1. The van der Waals surface area contributed by atoms with Crippen LogP contribution in [0.15, 0.2) is 11.4 Å². The summed E-state index contributed by atoms with van der Waals surface area (Å²) in [6.07, 6.45) is 0.992. The van der Waals surface area contributed by atoms with Crippen molar-refractivity contribution >= 4 is 17.2 Å². The van der Waals surface area contributed by atoms with E-state index in [1.807, 2.05) is 19.0 Å². The molecule has 2 heterocycles. The van der Waals surface area contributed by atoms with E-state index in [0.29, 0.717) is 13.2 Å². The lowest BCUT2D eigenvalue weighted by Gasteiger charge is -2.27. The SMILES string of the molecule is CN(C)CCOCCNCC(=O)N1CCc2sccc2C1. The number of rotatable bonds is 8. The lowest BCUT2D eigenvalue weighted by molar-refractivity contribution is -0.131. The zero-order valence-corrected chi connectivity index (χ0v) is 13.7. The Morgan fingerprint density at radius 3 is 3.14 bits per heavy atom. The van der Waals surface area contributed by atoms with E-state index < -0.39 is 0 Å². The molecule has 6 heteroatoms. The number of nitrogens with one attached hydrogen (secondary N) is 1. The minimum absolute atomic E-state index is 0.181. The highest BCUT2D eigenvalue weighted by molar-refractivity contribution is 7.10. The second-order valence-corrected chi connectivity index (χ2v) is 6.53. The molecular formula is C15H25N3O2S. The van der Waals surface area contributed by atoms with Gasteiger partial charge in [0, 0.05) is 31.1 Å². The minimum Gasteiger partial charge on any atom is -0.379 e. The largest absolute Gasteiger partial charge is 0.379 e. The Kier molecular flexibility index (Phi) is 6.63. The molecule has 0 aliphatic carbocycles. The molecule has 118 valence electrons. The predicted molar refractivity (Wildman–Crippen MR) is 85.7 cm³/mol. The summed E-state index contributed by atoms with van der Waals surface area (Å²) in [6, 6.07) is 2.13. The highest BCUT2D eigenvalue weighted by Gasteiger charge is 2.20. The summed E-state index contributed by atoms with van der Waals surface area (Å²) in [5, 5.41) is 5.27. The Bertz CT molecular complexity index is 448. The number of hydrogen-bond donors (Lipinski definition) is 1. The molecule has 1 amide bonds. The normalized spacial score (nSPS) is 14.5. The first-order valence-electron chi connectivity index (χ1n) is 7.43. The Morgan fingerprint density at radius 2 is 2.33 bits per heavy atom. The number of hydrogen-bond acceptors (Lipinski definition) is 5. The van der Waals surface area contributed by atoms with E-state index in [2.05, 4.69) is 21.7 Å². The molecule has 1 aliphatic heterocycles. The molecule has 0 spiro atoms. The number of ether oxygens (including phenoxy) is 1. The number of likely N-dealkylation sites (N-methyl/N-ethyl adjacent to an activating group) is 1. The van der Waals surface area contributed by atoms with Crippen LogP contribution in [0.2, 0.25) is 0 Å². The molecule has 21 heavy (non-hydrogen) atoms. The first-order chi connectivity index (χ1) is 10.2. The molecular weight excluding hydrogens is 286 g/mol. The molecule has 0 radical (unpaired) electrons. The van der Waals surface area contributed by atoms with Gasteiger partial charge in [0.05, 0.1) is 19.8 Å². The molecule has 1 aromatic heterocycles. The molecule has 0 atom stereocenters. The maximum atomic E-state index is 12.1. The molecule has 1 N–H and O–H groups in total. The van der Waals surface area contributed by atoms with Crippen LogP contribution < -0.4 is 5.32 Å². The standard InChI is InChI=1S/C15H25N3O2S/c1-17(2)7-9-20-8-5-16-11-15(19)18-6-3-14-13(12-18)4-10-21-14/h4,10,16H,3,5-9,11-12H2,1-2H3. The van der Waals surface area contributed by atoms with Gasteiger partial charge in [0.25, 0.3) is 0 Å². The molecule has 0 bridgehead atoms. The Hall–Kier alpha value is -0.950. The van der Waals surface area contributed by atoms with Crippen molar-refractivity contribution in [3.05, 3.63) is 21.9 Å². The van der Waals surface area contributed by atoms with Crippen LogP contribution in [0.3, 0.4) is 0 Å². The van der Waals surface area contributed by atoms with E-state index >= 15 is 0 Å². The maximum Gasteiger partial charge on any atom is 0.236 e. The highest BCUT2D eigenvalue weighted by Crippen LogP contribution is 2.23. The van der Waals surface area contributed by atoms with Gasteiger partial charge in [-0.3, -0.25) is 4.79 Å². The second kappa shape index (κ2) is 8.48. The van der Waals surface area contributed by atoms with E-state index in [4.69, 9.17) is 4.74 Å². The van der Waals surface area contributed by atoms with Gasteiger partial charge in [0.1, 0.15) is 0 Å². The van der Waals surface area contributed by atoms with E-state index in [0.717, 1.165) is 39.2 Å². The maximum absolute atomic E-state index is 12.1. The fraction of sp³-hybridized carbons (Fsp3) is 0.667.